The van der Waals surface area contributed by atoms with Gasteiger partial charge < -0.3 is 20.2 Å². The Kier molecular flexibility index (Phi) is 6.23. The van der Waals surface area contributed by atoms with E-state index in [1.165, 1.54) is 21.7 Å². The zero-order chi connectivity index (χ0) is 20.8. The summed E-state index contributed by atoms with van der Waals surface area (Å²) in [6.07, 6.45) is 6.18. The van der Waals surface area contributed by atoms with Crippen LogP contribution in [0.1, 0.15) is 38.5 Å². The lowest BCUT2D eigenvalue weighted by Gasteiger charge is -2.18. The van der Waals surface area contributed by atoms with Crippen LogP contribution in [-0.4, -0.2) is 44.8 Å². The average Bonchev–Trinajstić information content (AvgIpc) is 3.23. The standard InChI is InChI=1S/C21H23N5O3/c1-25(11-5-8-18-23-9-10-24-18)20(28)17-12-16(19(22)27)14-26(21(17)29)13-15-6-3-2-4-7-15/h2-4,6-7,9-10,12,14H,5,8,11,13H2,1H3,(H2,22,27)(H,23,24). The van der Waals surface area contributed by atoms with Crippen LogP contribution in [0, 0.1) is 0 Å². The maximum atomic E-state index is 12.9. The minimum absolute atomic E-state index is 0.0715. The normalized spacial score (nSPS) is 10.7. The Bertz CT molecular complexity index is 1040. The number of pyridine rings is 1. The van der Waals surface area contributed by atoms with E-state index in [1.807, 2.05) is 30.3 Å². The van der Waals surface area contributed by atoms with E-state index < -0.39 is 17.4 Å². The number of aromatic amines is 1. The molecule has 2 aromatic heterocycles. The van der Waals surface area contributed by atoms with E-state index in [9.17, 15) is 14.4 Å². The maximum absolute atomic E-state index is 12.9. The van der Waals surface area contributed by atoms with E-state index in [2.05, 4.69) is 9.97 Å². The monoisotopic (exact) mass is 393 g/mol. The Labute approximate surface area is 168 Å². The quantitative estimate of drug-likeness (QED) is 0.602. The Morgan fingerprint density at radius 1 is 1.24 bits per heavy atom. The van der Waals surface area contributed by atoms with Gasteiger partial charge in [-0.2, -0.15) is 0 Å². The number of nitrogens with two attached hydrogens (primary N) is 1. The van der Waals surface area contributed by atoms with E-state index in [1.54, 1.807) is 19.4 Å². The number of nitrogens with one attached hydrogen (secondary N) is 1. The predicted molar refractivity (Wildman–Crippen MR) is 109 cm³/mol. The van der Waals surface area contributed by atoms with Gasteiger partial charge in [-0.15, -0.1) is 0 Å². The van der Waals surface area contributed by atoms with Gasteiger partial charge in [0.2, 0.25) is 5.91 Å². The fourth-order valence-corrected chi connectivity index (χ4v) is 3.05. The second-order valence-electron chi connectivity index (χ2n) is 6.79. The molecule has 150 valence electrons. The van der Waals surface area contributed by atoms with Crippen molar-refractivity contribution < 1.29 is 9.59 Å². The third-order valence-corrected chi connectivity index (χ3v) is 4.61. The summed E-state index contributed by atoms with van der Waals surface area (Å²) < 4.78 is 1.35. The first-order valence-electron chi connectivity index (χ1n) is 9.27. The molecule has 0 fully saturated rings. The molecule has 0 spiro atoms. The van der Waals surface area contributed by atoms with Gasteiger partial charge in [0.1, 0.15) is 11.4 Å². The molecular formula is C21H23N5O3. The molecule has 8 heteroatoms. The molecule has 0 saturated heterocycles. The number of benzene rings is 1. The molecule has 2 heterocycles. The summed E-state index contributed by atoms with van der Waals surface area (Å²) >= 11 is 0. The molecule has 3 rings (SSSR count). The summed E-state index contributed by atoms with van der Waals surface area (Å²) in [7, 11) is 1.63. The van der Waals surface area contributed by atoms with Gasteiger partial charge >= 0.3 is 0 Å². The SMILES string of the molecule is CN(CCCc1ncc[nH]1)C(=O)c1cc(C(N)=O)cn(Cc2ccccc2)c1=O. The number of hydrogen-bond donors (Lipinski definition) is 2. The number of H-pyrrole nitrogens is 1. The first kappa shape index (κ1) is 20.1. The van der Waals surface area contributed by atoms with Gasteiger partial charge in [-0.05, 0) is 18.1 Å². The highest BCUT2D eigenvalue weighted by atomic mass is 16.2. The second-order valence-corrected chi connectivity index (χ2v) is 6.79. The number of aromatic nitrogens is 3. The average molecular weight is 393 g/mol. The minimum atomic E-state index is -0.693. The first-order valence-corrected chi connectivity index (χ1v) is 9.27. The van der Waals surface area contributed by atoms with Crippen LogP contribution in [0.15, 0.2) is 59.8 Å². The van der Waals surface area contributed by atoms with Crippen LogP contribution in [-0.2, 0) is 13.0 Å². The van der Waals surface area contributed by atoms with Crippen molar-refractivity contribution in [3.05, 3.63) is 87.9 Å². The fraction of sp³-hybridized carbons (Fsp3) is 0.238. The van der Waals surface area contributed by atoms with Crippen molar-refractivity contribution in [2.75, 3.05) is 13.6 Å². The highest BCUT2D eigenvalue weighted by Crippen LogP contribution is 2.08. The predicted octanol–water partition coefficient (Wildman–Crippen LogP) is 1.42. The molecular weight excluding hydrogens is 370 g/mol. The highest BCUT2D eigenvalue weighted by Gasteiger charge is 2.19. The molecule has 0 aliphatic carbocycles. The van der Waals surface area contributed by atoms with E-state index in [0.29, 0.717) is 19.4 Å². The van der Waals surface area contributed by atoms with Crippen LogP contribution in [0.25, 0.3) is 0 Å². The number of rotatable bonds is 8. The third kappa shape index (κ3) is 4.98. The van der Waals surface area contributed by atoms with Crippen molar-refractivity contribution in [1.29, 1.82) is 0 Å². The Hall–Kier alpha value is -3.68. The molecule has 0 atom stereocenters. The van der Waals surface area contributed by atoms with Gasteiger partial charge in [0.15, 0.2) is 0 Å². The molecule has 0 bridgehead atoms. The van der Waals surface area contributed by atoms with Crippen molar-refractivity contribution in [2.45, 2.75) is 19.4 Å². The molecule has 0 saturated carbocycles. The topological polar surface area (TPSA) is 114 Å². The summed E-state index contributed by atoms with van der Waals surface area (Å²) in [5.74, 6) is -0.299. The molecule has 0 aliphatic rings. The molecule has 8 nitrogen and oxygen atoms in total. The molecule has 0 unspecified atom stereocenters. The van der Waals surface area contributed by atoms with Crippen LogP contribution in [0.3, 0.4) is 0 Å². The summed E-state index contributed by atoms with van der Waals surface area (Å²) in [6, 6.07) is 10.6. The number of carbonyl (C=O) groups excluding carboxylic acids is 2. The molecule has 3 N–H and O–H groups in total. The lowest BCUT2D eigenvalue weighted by molar-refractivity contribution is 0.0791. The number of carbonyl (C=O) groups is 2. The number of primary amides is 1. The smallest absolute Gasteiger partial charge is 0.263 e. The Morgan fingerprint density at radius 2 is 2.00 bits per heavy atom. The largest absolute Gasteiger partial charge is 0.366 e. The third-order valence-electron chi connectivity index (χ3n) is 4.61. The van der Waals surface area contributed by atoms with Crippen molar-refractivity contribution in [3.8, 4) is 0 Å². The van der Waals surface area contributed by atoms with E-state index in [4.69, 9.17) is 5.73 Å². The molecule has 2 amide bonds. The number of imidazole rings is 1. The Morgan fingerprint density at radius 3 is 2.66 bits per heavy atom. The number of hydrogen-bond acceptors (Lipinski definition) is 4. The Balaban J connectivity index is 1.81. The number of amides is 2. The van der Waals surface area contributed by atoms with Gasteiger partial charge in [0.05, 0.1) is 12.1 Å². The molecule has 29 heavy (non-hydrogen) atoms. The van der Waals surface area contributed by atoms with Gasteiger partial charge in [-0.25, -0.2) is 4.98 Å². The summed E-state index contributed by atoms with van der Waals surface area (Å²) in [5, 5.41) is 0. The van der Waals surface area contributed by atoms with Crippen molar-refractivity contribution in [1.82, 2.24) is 19.4 Å². The van der Waals surface area contributed by atoms with E-state index in [0.717, 1.165) is 11.4 Å². The van der Waals surface area contributed by atoms with Gasteiger partial charge in [-0.3, -0.25) is 14.4 Å². The van der Waals surface area contributed by atoms with Crippen LogP contribution in [0.5, 0.6) is 0 Å². The summed E-state index contributed by atoms with van der Waals surface area (Å²) in [4.78, 5) is 46.1. The summed E-state index contributed by atoms with van der Waals surface area (Å²) in [6.45, 7) is 0.682. The number of nitrogens with zero attached hydrogens (tertiary/aromatic N) is 3. The van der Waals surface area contributed by atoms with Crippen molar-refractivity contribution >= 4 is 11.8 Å². The van der Waals surface area contributed by atoms with E-state index >= 15 is 0 Å². The zero-order valence-corrected chi connectivity index (χ0v) is 16.2. The second kappa shape index (κ2) is 9.01. The molecule has 1 aromatic carbocycles. The lowest BCUT2D eigenvalue weighted by Crippen LogP contribution is -2.36. The fourth-order valence-electron chi connectivity index (χ4n) is 3.05. The van der Waals surface area contributed by atoms with Crippen molar-refractivity contribution in [2.24, 2.45) is 5.73 Å². The van der Waals surface area contributed by atoms with Gasteiger partial charge in [0, 0.05) is 38.6 Å². The van der Waals surface area contributed by atoms with Crippen LogP contribution in [0.4, 0.5) is 0 Å². The summed E-state index contributed by atoms with van der Waals surface area (Å²) in [5.41, 5.74) is 5.88. The van der Waals surface area contributed by atoms with Crippen LogP contribution in [0.2, 0.25) is 0 Å². The van der Waals surface area contributed by atoms with Crippen LogP contribution < -0.4 is 11.3 Å². The maximum Gasteiger partial charge on any atom is 0.263 e. The van der Waals surface area contributed by atoms with Crippen molar-refractivity contribution in [3.63, 3.8) is 0 Å². The van der Waals surface area contributed by atoms with E-state index in [-0.39, 0.29) is 17.7 Å². The minimum Gasteiger partial charge on any atom is -0.366 e. The lowest BCUT2D eigenvalue weighted by atomic mass is 10.1. The first-order chi connectivity index (χ1) is 14.0. The zero-order valence-electron chi connectivity index (χ0n) is 16.2. The molecule has 0 radical (unpaired) electrons. The van der Waals surface area contributed by atoms with Gasteiger partial charge in [-0.1, -0.05) is 30.3 Å². The van der Waals surface area contributed by atoms with Gasteiger partial charge in [0.25, 0.3) is 11.5 Å². The van der Waals surface area contributed by atoms with Crippen LogP contribution >= 0.6 is 0 Å². The molecule has 3 aromatic rings. The molecule has 0 aliphatic heterocycles. The highest BCUT2D eigenvalue weighted by molar-refractivity contribution is 5.98. The number of aryl methyl sites for hydroxylation is 1.